The lowest BCUT2D eigenvalue weighted by atomic mass is 9.93. The summed E-state index contributed by atoms with van der Waals surface area (Å²) in [4.78, 5) is 14.2. The van der Waals surface area contributed by atoms with Gasteiger partial charge in [0.15, 0.2) is 0 Å². The number of anilines is 1. The smallest absolute Gasteiger partial charge is 0.322 e. The molecule has 2 N–H and O–H groups in total. The van der Waals surface area contributed by atoms with E-state index in [-0.39, 0.29) is 18.7 Å². The van der Waals surface area contributed by atoms with E-state index >= 15 is 0 Å². The monoisotopic (exact) mass is 296 g/mol. The molecule has 0 radical (unpaired) electrons. The molecule has 0 fully saturated rings. The quantitative estimate of drug-likeness (QED) is 0.894. The third-order valence-electron chi connectivity index (χ3n) is 4.15. The predicted molar refractivity (Wildman–Crippen MR) is 86.9 cm³/mol. The van der Waals surface area contributed by atoms with Crippen molar-refractivity contribution in [2.75, 3.05) is 18.5 Å². The van der Waals surface area contributed by atoms with Crippen molar-refractivity contribution in [1.29, 1.82) is 0 Å². The van der Waals surface area contributed by atoms with E-state index in [4.69, 9.17) is 0 Å². The Labute approximate surface area is 130 Å². The van der Waals surface area contributed by atoms with E-state index in [1.807, 2.05) is 49.4 Å². The Kier molecular flexibility index (Phi) is 4.11. The minimum atomic E-state index is -0.282. The van der Waals surface area contributed by atoms with Crippen LogP contribution in [0.4, 0.5) is 10.5 Å². The average Bonchev–Trinajstić information content (AvgIpc) is 2.55. The van der Waals surface area contributed by atoms with Gasteiger partial charge in [-0.15, -0.1) is 0 Å². The first kappa shape index (κ1) is 14.6. The topological polar surface area (TPSA) is 52.6 Å². The van der Waals surface area contributed by atoms with Crippen molar-refractivity contribution in [3.8, 4) is 0 Å². The molecule has 3 rings (SSSR count). The molecule has 22 heavy (non-hydrogen) atoms. The van der Waals surface area contributed by atoms with Gasteiger partial charge in [-0.2, -0.15) is 0 Å². The second-order valence-corrected chi connectivity index (χ2v) is 5.64. The largest absolute Gasteiger partial charge is 0.394 e. The van der Waals surface area contributed by atoms with Crippen LogP contribution in [0.2, 0.25) is 0 Å². The van der Waals surface area contributed by atoms with Gasteiger partial charge >= 0.3 is 6.03 Å². The molecule has 2 amide bonds. The molecule has 114 valence electrons. The fourth-order valence-electron chi connectivity index (χ4n) is 2.92. The van der Waals surface area contributed by atoms with Crippen LogP contribution >= 0.6 is 0 Å². The molecular formula is C18H20N2O2. The van der Waals surface area contributed by atoms with E-state index in [1.165, 1.54) is 5.56 Å². The first-order valence-electron chi connectivity index (χ1n) is 7.52. The Balaban J connectivity index is 1.79. The number of amides is 2. The molecule has 2 aromatic rings. The van der Waals surface area contributed by atoms with Crippen molar-refractivity contribution < 1.29 is 9.90 Å². The Morgan fingerprint density at radius 2 is 1.95 bits per heavy atom. The Hall–Kier alpha value is -2.33. The molecule has 0 aliphatic carbocycles. The maximum Gasteiger partial charge on any atom is 0.322 e. The number of benzene rings is 2. The van der Waals surface area contributed by atoms with Gasteiger partial charge in [-0.3, -0.25) is 0 Å². The van der Waals surface area contributed by atoms with Crippen molar-refractivity contribution in [2.45, 2.75) is 19.4 Å². The molecule has 4 nitrogen and oxygen atoms in total. The van der Waals surface area contributed by atoms with Crippen molar-refractivity contribution in [2.24, 2.45) is 0 Å². The highest BCUT2D eigenvalue weighted by molar-refractivity contribution is 5.89. The van der Waals surface area contributed by atoms with E-state index in [0.29, 0.717) is 6.54 Å². The van der Waals surface area contributed by atoms with Gasteiger partial charge < -0.3 is 15.3 Å². The number of hydrogen-bond donors (Lipinski definition) is 2. The number of rotatable bonds is 2. The standard InChI is InChI=1S/C18H20N2O2/c1-13-6-8-15(9-7-13)19-18(22)20-11-10-14-4-2-3-5-16(14)17(20)12-21/h2-9,17,21H,10-12H2,1H3,(H,19,22). The van der Waals surface area contributed by atoms with E-state index < -0.39 is 0 Å². The fourth-order valence-corrected chi connectivity index (χ4v) is 2.92. The van der Waals surface area contributed by atoms with Crippen LogP contribution in [-0.4, -0.2) is 29.2 Å². The molecule has 1 aliphatic heterocycles. The van der Waals surface area contributed by atoms with Crippen molar-refractivity contribution >= 4 is 11.7 Å². The molecule has 0 spiro atoms. The number of hydrogen-bond acceptors (Lipinski definition) is 2. The van der Waals surface area contributed by atoms with Crippen molar-refractivity contribution in [3.63, 3.8) is 0 Å². The number of carbonyl (C=O) groups is 1. The van der Waals surface area contributed by atoms with Crippen LogP contribution in [0.1, 0.15) is 22.7 Å². The molecule has 1 atom stereocenters. The van der Waals surface area contributed by atoms with E-state index in [1.54, 1.807) is 4.90 Å². The zero-order chi connectivity index (χ0) is 15.5. The van der Waals surface area contributed by atoms with Crippen molar-refractivity contribution in [3.05, 3.63) is 65.2 Å². The number of urea groups is 1. The van der Waals surface area contributed by atoms with Crippen LogP contribution in [0.3, 0.4) is 0 Å². The normalized spacial score (nSPS) is 17.0. The van der Waals surface area contributed by atoms with Gasteiger partial charge in [0, 0.05) is 12.2 Å². The van der Waals surface area contributed by atoms with Crippen LogP contribution in [0, 0.1) is 6.92 Å². The third kappa shape index (κ3) is 2.83. The number of nitrogens with one attached hydrogen (secondary N) is 1. The molecule has 1 aliphatic rings. The summed E-state index contributed by atoms with van der Waals surface area (Å²) >= 11 is 0. The van der Waals surface area contributed by atoms with Gasteiger partial charge in [0.1, 0.15) is 0 Å². The average molecular weight is 296 g/mol. The number of carbonyl (C=O) groups excluding carboxylic acids is 1. The van der Waals surface area contributed by atoms with Gasteiger partial charge in [-0.25, -0.2) is 4.79 Å². The molecule has 4 heteroatoms. The molecule has 1 unspecified atom stereocenters. The first-order chi connectivity index (χ1) is 10.7. The lowest BCUT2D eigenvalue weighted by Crippen LogP contribution is -2.43. The van der Waals surface area contributed by atoms with Gasteiger partial charge in [0.05, 0.1) is 12.6 Å². The molecule has 2 aromatic carbocycles. The number of aryl methyl sites for hydroxylation is 1. The highest BCUT2D eigenvalue weighted by Crippen LogP contribution is 2.29. The molecule has 0 bridgehead atoms. The summed E-state index contributed by atoms with van der Waals surface area (Å²) in [6, 6.07) is 15.2. The molecule has 0 aromatic heterocycles. The predicted octanol–water partition coefficient (Wildman–Crippen LogP) is 3.12. The minimum absolute atomic E-state index is 0.0711. The SMILES string of the molecule is Cc1ccc(NC(=O)N2CCc3ccccc3C2CO)cc1. The summed E-state index contributed by atoms with van der Waals surface area (Å²) in [5.74, 6) is 0. The molecular weight excluding hydrogens is 276 g/mol. The second-order valence-electron chi connectivity index (χ2n) is 5.64. The van der Waals surface area contributed by atoms with Gasteiger partial charge in [0.25, 0.3) is 0 Å². The summed E-state index contributed by atoms with van der Waals surface area (Å²) in [7, 11) is 0. The highest BCUT2D eigenvalue weighted by atomic mass is 16.3. The lowest BCUT2D eigenvalue weighted by Gasteiger charge is -2.36. The second kappa shape index (κ2) is 6.20. The fraction of sp³-hybridized carbons (Fsp3) is 0.278. The Morgan fingerprint density at radius 1 is 1.23 bits per heavy atom. The molecule has 1 heterocycles. The summed E-state index contributed by atoms with van der Waals surface area (Å²) in [5, 5.41) is 12.6. The summed E-state index contributed by atoms with van der Waals surface area (Å²) in [5.41, 5.74) is 4.17. The third-order valence-corrected chi connectivity index (χ3v) is 4.15. The van der Waals surface area contributed by atoms with Crippen LogP contribution in [0.25, 0.3) is 0 Å². The lowest BCUT2D eigenvalue weighted by molar-refractivity contribution is 0.135. The maximum absolute atomic E-state index is 12.5. The highest BCUT2D eigenvalue weighted by Gasteiger charge is 2.30. The summed E-state index contributed by atoms with van der Waals surface area (Å²) < 4.78 is 0. The molecule has 0 saturated heterocycles. The number of aliphatic hydroxyl groups is 1. The minimum Gasteiger partial charge on any atom is -0.394 e. The first-order valence-corrected chi connectivity index (χ1v) is 7.52. The number of nitrogens with zero attached hydrogens (tertiary/aromatic N) is 1. The maximum atomic E-state index is 12.5. The van der Waals surface area contributed by atoms with Crippen LogP contribution < -0.4 is 5.32 Å². The van der Waals surface area contributed by atoms with E-state index in [0.717, 1.165) is 23.2 Å². The van der Waals surface area contributed by atoms with Crippen LogP contribution in [0.5, 0.6) is 0 Å². The zero-order valence-corrected chi connectivity index (χ0v) is 12.6. The van der Waals surface area contributed by atoms with Crippen LogP contribution in [-0.2, 0) is 6.42 Å². The number of aliphatic hydroxyl groups excluding tert-OH is 1. The Morgan fingerprint density at radius 3 is 2.68 bits per heavy atom. The summed E-state index contributed by atoms with van der Waals surface area (Å²) in [6.07, 6.45) is 0.813. The molecule has 0 saturated carbocycles. The number of fused-ring (bicyclic) bond motifs is 1. The summed E-state index contributed by atoms with van der Waals surface area (Å²) in [6.45, 7) is 2.55. The zero-order valence-electron chi connectivity index (χ0n) is 12.6. The van der Waals surface area contributed by atoms with Crippen LogP contribution in [0.15, 0.2) is 48.5 Å². The van der Waals surface area contributed by atoms with Crippen molar-refractivity contribution in [1.82, 2.24) is 4.90 Å². The van der Waals surface area contributed by atoms with Gasteiger partial charge in [0.2, 0.25) is 0 Å². The van der Waals surface area contributed by atoms with Gasteiger partial charge in [-0.05, 0) is 36.6 Å². The van der Waals surface area contributed by atoms with E-state index in [2.05, 4.69) is 11.4 Å². The van der Waals surface area contributed by atoms with E-state index in [9.17, 15) is 9.90 Å². The van der Waals surface area contributed by atoms with Gasteiger partial charge in [-0.1, -0.05) is 42.0 Å². The Bertz CT molecular complexity index is 667.